The summed E-state index contributed by atoms with van der Waals surface area (Å²) >= 11 is 0. The van der Waals surface area contributed by atoms with E-state index in [9.17, 15) is 18.0 Å². The smallest absolute Gasteiger partial charge is 0.239 e. The van der Waals surface area contributed by atoms with Gasteiger partial charge in [0.15, 0.2) is 17.5 Å². The first kappa shape index (κ1) is 13.3. The molecule has 1 aromatic rings. The number of amides is 1. The standard InChI is InChI=1S/C11H13F3N2O/c1-6(2)16-10(17)5-15-7-3-8(12)11(14)9(13)4-7/h3-4,6,15H,5H2,1-2H3,(H,16,17). The van der Waals surface area contributed by atoms with Gasteiger partial charge in [-0.25, -0.2) is 13.2 Å². The van der Waals surface area contributed by atoms with Crippen molar-refractivity contribution in [1.29, 1.82) is 0 Å². The van der Waals surface area contributed by atoms with Crippen LogP contribution in [0, 0.1) is 17.5 Å². The van der Waals surface area contributed by atoms with Crippen molar-refractivity contribution in [3.63, 3.8) is 0 Å². The van der Waals surface area contributed by atoms with Crippen LogP contribution < -0.4 is 10.6 Å². The molecule has 94 valence electrons. The van der Waals surface area contributed by atoms with E-state index in [1.165, 1.54) is 0 Å². The minimum absolute atomic E-state index is 0.0142. The molecule has 0 saturated carbocycles. The Morgan fingerprint density at radius 3 is 2.24 bits per heavy atom. The van der Waals surface area contributed by atoms with Gasteiger partial charge in [-0.3, -0.25) is 4.79 Å². The number of benzene rings is 1. The third kappa shape index (κ3) is 3.97. The summed E-state index contributed by atoms with van der Waals surface area (Å²) in [6.07, 6.45) is 0. The summed E-state index contributed by atoms with van der Waals surface area (Å²) in [6, 6.07) is 1.56. The summed E-state index contributed by atoms with van der Waals surface area (Å²) in [4.78, 5) is 11.2. The third-order valence-corrected chi connectivity index (χ3v) is 1.89. The zero-order chi connectivity index (χ0) is 13.0. The highest BCUT2D eigenvalue weighted by molar-refractivity contribution is 5.80. The largest absolute Gasteiger partial charge is 0.376 e. The predicted molar refractivity (Wildman–Crippen MR) is 58.1 cm³/mol. The maximum atomic E-state index is 12.8. The molecular formula is C11H13F3N2O. The Morgan fingerprint density at radius 2 is 1.76 bits per heavy atom. The Labute approximate surface area is 97.0 Å². The van der Waals surface area contributed by atoms with E-state index >= 15 is 0 Å². The minimum atomic E-state index is -1.53. The molecule has 2 N–H and O–H groups in total. The van der Waals surface area contributed by atoms with Crippen LogP contribution in [0.1, 0.15) is 13.8 Å². The molecule has 0 spiro atoms. The van der Waals surface area contributed by atoms with E-state index in [0.717, 1.165) is 12.1 Å². The topological polar surface area (TPSA) is 41.1 Å². The van der Waals surface area contributed by atoms with Crippen LogP contribution in [0.4, 0.5) is 18.9 Å². The van der Waals surface area contributed by atoms with E-state index in [4.69, 9.17) is 0 Å². The number of carbonyl (C=O) groups excluding carboxylic acids is 1. The number of anilines is 1. The van der Waals surface area contributed by atoms with E-state index < -0.39 is 17.5 Å². The van der Waals surface area contributed by atoms with E-state index in [0.29, 0.717) is 0 Å². The molecule has 0 bridgehead atoms. The van der Waals surface area contributed by atoms with Gasteiger partial charge in [-0.05, 0) is 13.8 Å². The molecule has 0 aliphatic rings. The van der Waals surface area contributed by atoms with Crippen molar-refractivity contribution in [2.75, 3.05) is 11.9 Å². The second kappa shape index (κ2) is 5.56. The quantitative estimate of drug-likeness (QED) is 0.798. The number of rotatable bonds is 4. The van der Waals surface area contributed by atoms with Crippen molar-refractivity contribution in [2.45, 2.75) is 19.9 Å². The first-order chi connectivity index (χ1) is 7.90. The van der Waals surface area contributed by atoms with Gasteiger partial charge >= 0.3 is 0 Å². The zero-order valence-corrected chi connectivity index (χ0v) is 9.48. The molecule has 0 fully saturated rings. The fourth-order valence-corrected chi connectivity index (χ4v) is 1.21. The van der Waals surface area contributed by atoms with Crippen LogP contribution in [-0.2, 0) is 4.79 Å². The van der Waals surface area contributed by atoms with Gasteiger partial charge in [-0.1, -0.05) is 0 Å². The SMILES string of the molecule is CC(C)NC(=O)CNc1cc(F)c(F)c(F)c1. The summed E-state index contributed by atoms with van der Waals surface area (Å²) in [5.41, 5.74) is 0.0142. The monoisotopic (exact) mass is 246 g/mol. The molecule has 0 radical (unpaired) electrons. The van der Waals surface area contributed by atoms with E-state index in [2.05, 4.69) is 10.6 Å². The Morgan fingerprint density at radius 1 is 1.24 bits per heavy atom. The van der Waals surface area contributed by atoms with Crippen molar-refractivity contribution in [1.82, 2.24) is 5.32 Å². The van der Waals surface area contributed by atoms with Crippen LogP contribution in [0.5, 0.6) is 0 Å². The highest BCUT2D eigenvalue weighted by Crippen LogP contribution is 2.16. The third-order valence-electron chi connectivity index (χ3n) is 1.89. The minimum Gasteiger partial charge on any atom is -0.376 e. The first-order valence-electron chi connectivity index (χ1n) is 5.08. The molecule has 0 heterocycles. The van der Waals surface area contributed by atoms with Crippen molar-refractivity contribution < 1.29 is 18.0 Å². The number of hydrogen-bond donors (Lipinski definition) is 2. The number of nitrogens with one attached hydrogen (secondary N) is 2. The fraction of sp³-hybridized carbons (Fsp3) is 0.364. The summed E-state index contributed by atoms with van der Waals surface area (Å²) < 4.78 is 38.3. The lowest BCUT2D eigenvalue weighted by Gasteiger charge is -2.10. The number of halogens is 3. The Balaban J connectivity index is 2.61. The summed E-state index contributed by atoms with van der Waals surface area (Å²) in [5.74, 6) is -4.43. The molecule has 3 nitrogen and oxygen atoms in total. The molecule has 1 amide bonds. The van der Waals surface area contributed by atoms with Gasteiger partial charge in [-0.2, -0.15) is 0 Å². The van der Waals surface area contributed by atoms with Gasteiger partial charge in [0.2, 0.25) is 5.91 Å². The molecule has 0 aliphatic carbocycles. The van der Waals surface area contributed by atoms with Gasteiger partial charge in [0, 0.05) is 23.9 Å². The van der Waals surface area contributed by atoms with Gasteiger partial charge in [0.25, 0.3) is 0 Å². The second-order valence-corrected chi connectivity index (χ2v) is 3.83. The molecule has 6 heteroatoms. The van der Waals surface area contributed by atoms with Crippen LogP contribution in [-0.4, -0.2) is 18.5 Å². The second-order valence-electron chi connectivity index (χ2n) is 3.83. The molecule has 1 rings (SSSR count). The lowest BCUT2D eigenvalue weighted by Crippen LogP contribution is -2.34. The van der Waals surface area contributed by atoms with Crippen LogP contribution >= 0.6 is 0 Å². The van der Waals surface area contributed by atoms with E-state index in [-0.39, 0.29) is 24.2 Å². The van der Waals surface area contributed by atoms with Crippen LogP contribution in [0.25, 0.3) is 0 Å². The van der Waals surface area contributed by atoms with E-state index in [1.807, 2.05) is 0 Å². The van der Waals surface area contributed by atoms with Gasteiger partial charge < -0.3 is 10.6 Å². The summed E-state index contributed by atoms with van der Waals surface area (Å²) in [7, 11) is 0. The zero-order valence-electron chi connectivity index (χ0n) is 9.48. The lowest BCUT2D eigenvalue weighted by atomic mass is 10.3. The van der Waals surface area contributed by atoms with Gasteiger partial charge in [0.1, 0.15) is 0 Å². The Hall–Kier alpha value is -1.72. The normalized spacial score (nSPS) is 10.5. The van der Waals surface area contributed by atoms with Crippen molar-refractivity contribution in [3.8, 4) is 0 Å². The molecule has 0 aliphatic heterocycles. The molecule has 0 aromatic heterocycles. The van der Waals surface area contributed by atoms with Crippen LogP contribution in [0.3, 0.4) is 0 Å². The average Bonchev–Trinajstić information content (AvgIpc) is 2.22. The van der Waals surface area contributed by atoms with E-state index in [1.54, 1.807) is 13.8 Å². The summed E-state index contributed by atoms with van der Waals surface area (Å²) in [6.45, 7) is 3.44. The first-order valence-corrected chi connectivity index (χ1v) is 5.08. The van der Waals surface area contributed by atoms with Crippen molar-refractivity contribution >= 4 is 11.6 Å². The number of hydrogen-bond acceptors (Lipinski definition) is 2. The van der Waals surface area contributed by atoms with Crippen LogP contribution in [0.15, 0.2) is 12.1 Å². The fourth-order valence-electron chi connectivity index (χ4n) is 1.21. The molecule has 1 aromatic carbocycles. The Kier molecular flexibility index (Phi) is 4.37. The predicted octanol–water partition coefficient (Wildman–Crippen LogP) is 2.04. The molecule has 0 atom stereocenters. The number of carbonyl (C=O) groups is 1. The average molecular weight is 246 g/mol. The lowest BCUT2D eigenvalue weighted by molar-refractivity contribution is -0.119. The summed E-state index contributed by atoms with van der Waals surface area (Å²) in [5, 5.41) is 5.09. The van der Waals surface area contributed by atoms with Gasteiger partial charge in [-0.15, -0.1) is 0 Å². The molecule has 0 unspecified atom stereocenters. The van der Waals surface area contributed by atoms with Gasteiger partial charge in [0.05, 0.1) is 6.54 Å². The maximum Gasteiger partial charge on any atom is 0.239 e. The Bertz CT molecular complexity index is 398. The van der Waals surface area contributed by atoms with Crippen molar-refractivity contribution in [3.05, 3.63) is 29.6 Å². The maximum absolute atomic E-state index is 12.8. The molecular weight excluding hydrogens is 233 g/mol. The highest BCUT2D eigenvalue weighted by Gasteiger charge is 2.11. The van der Waals surface area contributed by atoms with Crippen LogP contribution in [0.2, 0.25) is 0 Å². The molecule has 17 heavy (non-hydrogen) atoms. The molecule has 0 saturated heterocycles. The highest BCUT2D eigenvalue weighted by atomic mass is 19.2. The van der Waals surface area contributed by atoms with Crippen molar-refractivity contribution in [2.24, 2.45) is 0 Å².